The summed E-state index contributed by atoms with van der Waals surface area (Å²) in [6.07, 6.45) is 3.37. The van der Waals surface area contributed by atoms with Gasteiger partial charge in [-0.1, -0.05) is 54.6 Å². The van der Waals surface area contributed by atoms with Crippen LogP contribution in [0.5, 0.6) is 0 Å². The molecule has 0 aromatic heterocycles. The van der Waals surface area contributed by atoms with Crippen molar-refractivity contribution >= 4 is 11.8 Å². The normalized spacial score (nSPS) is 16.1. The lowest BCUT2D eigenvalue weighted by molar-refractivity contribution is -0.126. The zero-order valence-corrected chi connectivity index (χ0v) is 13.6. The largest absolute Gasteiger partial charge is 0.348 e. The molecule has 3 rings (SSSR count). The third-order valence-electron chi connectivity index (χ3n) is 4.36. The molecule has 4 nitrogen and oxygen atoms in total. The summed E-state index contributed by atoms with van der Waals surface area (Å²) in [5, 5.41) is 5.73. The Labute approximate surface area is 142 Å². The molecule has 0 fully saturated rings. The summed E-state index contributed by atoms with van der Waals surface area (Å²) in [6, 6.07) is 17.8. The Bertz CT molecular complexity index is 713. The number of nitrogens with one attached hydrogen (secondary N) is 2. The van der Waals surface area contributed by atoms with Crippen LogP contribution in [0, 0.1) is 0 Å². The van der Waals surface area contributed by atoms with Crippen LogP contribution in [0.4, 0.5) is 0 Å². The van der Waals surface area contributed by atoms with E-state index in [1.165, 1.54) is 11.1 Å². The molecule has 1 unspecified atom stereocenters. The minimum atomic E-state index is -0.141. The molecule has 0 heterocycles. The first-order valence-corrected chi connectivity index (χ1v) is 8.40. The summed E-state index contributed by atoms with van der Waals surface area (Å²) >= 11 is 0. The number of benzene rings is 2. The average Bonchev–Trinajstić information content (AvgIpc) is 2.61. The molecule has 124 valence electrons. The Morgan fingerprint density at radius 3 is 2.54 bits per heavy atom. The molecule has 0 radical (unpaired) electrons. The van der Waals surface area contributed by atoms with Crippen molar-refractivity contribution in [1.29, 1.82) is 0 Å². The summed E-state index contributed by atoms with van der Waals surface area (Å²) < 4.78 is 0. The Kier molecular flexibility index (Phi) is 5.26. The molecule has 1 aliphatic carbocycles. The van der Waals surface area contributed by atoms with E-state index < -0.39 is 0 Å². The standard InChI is InChI=1S/C20H22N2O2/c23-19(13-15-7-2-1-3-8-15)21-14-20(24)22-18-12-6-10-16-9-4-5-11-17(16)18/h1-5,7-9,11,18H,6,10,12-14H2,(H,21,23)(H,22,24). The summed E-state index contributed by atoms with van der Waals surface area (Å²) in [5.41, 5.74) is 3.45. The Morgan fingerprint density at radius 2 is 1.71 bits per heavy atom. The molecule has 0 aliphatic heterocycles. The van der Waals surface area contributed by atoms with Gasteiger partial charge in [-0.05, 0) is 36.0 Å². The molecule has 2 aromatic rings. The van der Waals surface area contributed by atoms with Crippen LogP contribution in [0.15, 0.2) is 54.6 Å². The number of aryl methyl sites for hydroxylation is 1. The molecular formula is C20H22N2O2. The summed E-state index contributed by atoms with van der Waals surface area (Å²) in [4.78, 5) is 24.1. The van der Waals surface area contributed by atoms with Crippen LogP contribution in [-0.4, -0.2) is 18.4 Å². The fourth-order valence-electron chi connectivity index (χ4n) is 3.17. The highest BCUT2D eigenvalue weighted by Gasteiger charge is 2.21. The van der Waals surface area contributed by atoms with Gasteiger partial charge < -0.3 is 10.6 Å². The molecule has 0 spiro atoms. The minimum Gasteiger partial charge on any atom is -0.348 e. The molecule has 0 bridgehead atoms. The highest BCUT2D eigenvalue weighted by Crippen LogP contribution is 2.29. The van der Waals surface area contributed by atoms with Crippen LogP contribution in [0.3, 0.4) is 0 Å². The van der Waals surface area contributed by atoms with Gasteiger partial charge in [-0.15, -0.1) is 0 Å². The van der Waals surface area contributed by atoms with Crippen molar-refractivity contribution in [2.75, 3.05) is 6.54 Å². The quantitative estimate of drug-likeness (QED) is 0.889. The summed E-state index contributed by atoms with van der Waals surface area (Å²) in [7, 11) is 0. The van der Waals surface area contributed by atoms with E-state index in [9.17, 15) is 9.59 Å². The second-order valence-electron chi connectivity index (χ2n) is 6.15. The smallest absolute Gasteiger partial charge is 0.239 e. The van der Waals surface area contributed by atoms with E-state index in [0.717, 1.165) is 24.8 Å². The summed E-state index contributed by atoms with van der Waals surface area (Å²) in [6.45, 7) is 0.0182. The fraction of sp³-hybridized carbons (Fsp3) is 0.300. The number of carbonyl (C=O) groups is 2. The van der Waals surface area contributed by atoms with Gasteiger partial charge in [0.05, 0.1) is 19.0 Å². The van der Waals surface area contributed by atoms with Crippen molar-refractivity contribution in [3.8, 4) is 0 Å². The van der Waals surface area contributed by atoms with Gasteiger partial charge in [0.1, 0.15) is 0 Å². The molecule has 1 aliphatic rings. The number of hydrogen-bond donors (Lipinski definition) is 2. The first kappa shape index (κ1) is 16.2. The third kappa shape index (κ3) is 4.22. The highest BCUT2D eigenvalue weighted by atomic mass is 16.2. The monoisotopic (exact) mass is 322 g/mol. The van der Waals surface area contributed by atoms with Crippen molar-refractivity contribution in [1.82, 2.24) is 10.6 Å². The van der Waals surface area contributed by atoms with Gasteiger partial charge >= 0.3 is 0 Å². The molecule has 2 N–H and O–H groups in total. The zero-order chi connectivity index (χ0) is 16.8. The number of amides is 2. The average molecular weight is 322 g/mol. The van der Waals surface area contributed by atoms with E-state index in [-0.39, 0.29) is 24.4 Å². The SMILES string of the molecule is O=C(Cc1ccccc1)NCC(=O)NC1CCCc2ccccc21. The van der Waals surface area contributed by atoms with Crippen LogP contribution in [0.1, 0.15) is 35.6 Å². The maximum Gasteiger partial charge on any atom is 0.239 e. The van der Waals surface area contributed by atoms with E-state index in [0.29, 0.717) is 6.42 Å². The maximum absolute atomic E-state index is 12.2. The fourth-order valence-corrected chi connectivity index (χ4v) is 3.17. The minimum absolute atomic E-state index is 0.0182. The topological polar surface area (TPSA) is 58.2 Å². The molecule has 4 heteroatoms. The molecule has 24 heavy (non-hydrogen) atoms. The van der Waals surface area contributed by atoms with Crippen molar-refractivity contribution < 1.29 is 9.59 Å². The first-order chi connectivity index (χ1) is 11.7. The molecule has 0 saturated carbocycles. The van der Waals surface area contributed by atoms with E-state index >= 15 is 0 Å². The third-order valence-corrected chi connectivity index (χ3v) is 4.36. The lowest BCUT2D eigenvalue weighted by atomic mass is 9.88. The van der Waals surface area contributed by atoms with E-state index in [2.05, 4.69) is 22.8 Å². The molecule has 2 amide bonds. The van der Waals surface area contributed by atoms with E-state index in [4.69, 9.17) is 0 Å². The van der Waals surface area contributed by atoms with Crippen LogP contribution in [-0.2, 0) is 22.4 Å². The number of fused-ring (bicyclic) bond motifs is 1. The van der Waals surface area contributed by atoms with Gasteiger partial charge in [0.25, 0.3) is 0 Å². The molecular weight excluding hydrogens is 300 g/mol. The van der Waals surface area contributed by atoms with Crippen molar-refractivity contribution in [3.05, 3.63) is 71.3 Å². The van der Waals surface area contributed by atoms with Crippen LogP contribution >= 0.6 is 0 Å². The predicted molar refractivity (Wildman–Crippen MR) is 93.4 cm³/mol. The predicted octanol–water partition coefficient (Wildman–Crippen LogP) is 2.54. The van der Waals surface area contributed by atoms with Gasteiger partial charge in [0.2, 0.25) is 11.8 Å². The lowest BCUT2D eigenvalue weighted by Crippen LogP contribution is -2.40. The highest BCUT2D eigenvalue weighted by molar-refractivity contribution is 5.85. The van der Waals surface area contributed by atoms with Gasteiger partial charge in [0.15, 0.2) is 0 Å². The zero-order valence-electron chi connectivity index (χ0n) is 13.6. The molecule has 0 saturated heterocycles. The van der Waals surface area contributed by atoms with Gasteiger partial charge in [-0.25, -0.2) is 0 Å². The van der Waals surface area contributed by atoms with Crippen molar-refractivity contribution in [2.24, 2.45) is 0 Å². The van der Waals surface area contributed by atoms with Crippen LogP contribution in [0.2, 0.25) is 0 Å². The Balaban J connectivity index is 1.49. The van der Waals surface area contributed by atoms with Gasteiger partial charge in [0, 0.05) is 0 Å². The van der Waals surface area contributed by atoms with E-state index in [1.807, 2.05) is 42.5 Å². The maximum atomic E-state index is 12.2. The summed E-state index contributed by atoms with van der Waals surface area (Å²) in [5.74, 6) is -0.279. The van der Waals surface area contributed by atoms with Crippen LogP contribution < -0.4 is 10.6 Å². The molecule has 2 aromatic carbocycles. The lowest BCUT2D eigenvalue weighted by Gasteiger charge is -2.26. The van der Waals surface area contributed by atoms with E-state index in [1.54, 1.807) is 0 Å². The number of hydrogen-bond acceptors (Lipinski definition) is 2. The number of carbonyl (C=O) groups excluding carboxylic acids is 2. The van der Waals surface area contributed by atoms with Crippen molar-refractivity contribution in [3.63, 3.8) is 0 Å². The number of rotatable bonds is 5. The Hall–Kier alpha value is -2.62. The molecule has 1 atom stereocenters. The van der Waals surface area contributed by atoms with Crippen LogP contribution in [0.25, 0.3) is 0 Å². The Morgan fingerprint density at radius 1 is 0.958 bits per heavy atom. The second-order valence-corrected chi connectivity index (χ2v) is 6.15. The first-order valence-electron chi connectivity index (χ1n) is 8.40. The van der Waals surface area contributed by atoms with Gasteiger partial charge in [-0.2, -0.15) is 0 Å². The second kappa shape index (κ2) is 7.77. The van der Waals surface area contributed by atoms with Gasteiger partial charge in [-0.3, -0.25) is 9.59 Å². The van der Waals surface area contributed by atoms with Crippen molar-refractivity contribution in [2.45, 2.75) is 31.7 Å².